The van der Waals surface area contributed by atoms with E-state index in [0.717, 1.165) is 24.7 Å². The summed E-state index contributed by atoms with van der Waals surface area (Å²) in [6.07, 6.45) is 8.08. The molecule has 11 heteroatoms. The van der Waals surface area contributed by atoms with Crippen LogP contribution < -0.4 is 0 Å². The van der Waals surface area contributed by atoms with Gasteiger partial charge in [-0.15, -0.1) is 13.2 Å². The van der Waals surface area contributed by atoms with Crippen LogP contribution in [0.1, 0.15) is 79.9 Å². The average Bonchev–Trinajstić information content (AvgIpc) is 3.11. The van der Waals surface area contributed by atoms with Gasteiger partial charge in [-0.1, -0.05) is 129 Å². The summed E-state index contributed by atoms with van der Waals surface area (Å²) < 4.78 is 65.2. The number of aliphatic hydroxyl groups is 1. The van der Waals surface area contributed by atoms with Crippen molar-refractivity contribution in [3.63, 3.8) is 0 Å². The zero-order valence-corrected chi connectivity index (χ0v) is 29.8. The predicted molar refractivity (Wildman–Crippen MR) is 189 cm³/mol. The average molecular weight is 711 g/mol. The molecule has 0 heterocycles. The maximum atomic E-state index is 10.3. The Bertz CT molecular complexity index is 955. The Hall–Kier alpha value is -2.76. The lowest BCUT2D eigenvalue weighted by atomic mass is 9.76. The van der Waals surface area contributed by atoms with Gasteiger partial charge in [-0.2, -0.15) is 16.8 Å². The zero-order chi connectivity index (χ0) is 36.5. The van der Waals surface area contributed by atoms with Crippen molar-refractivity contribution < 1.29 is 40.2 Å². The van der Waals surface area contributed by atoms with Gasteiger partial charge >= 0.3 is 23.1 Å². The first kappa shape index (κ1) is 53.7. The van der Waals surface area contributed by atoms with E-state index in [-0.39, 0.29) is 13.5 Å². The van der Waals surface area contributed by atoms with Gasteiger partial charge in [-0.3, -0.25) is 0 Å². The minimum atomic E-state index is -0.750. The second kappa shape index (κ2) is 37.7. The molecule has 0 unspecified atom stereocenters. The molecule has 0 amide bonds. The van der Waals surface area contributed by atoms with Gasteiger partial charge in [-0.05, 0) is 78.2 Å². The molecule has 47 heavy (non-hydrogen) atoms. The smallest absolute Gasteiger partial charge is 0.335 e. The van der Waals surface area contributed by atoms with E-state index in [0.29, 0.717) is 29.6 Å². The molecule has 0 aliphatic heterocycles. The molecular formula is C36H58F4O5S2. The molecule has 2 aromatic rings. The first-order valence-electron chi connectivity index (χ1n) is 15.1. The Morgan fingerprint density at radius 2 is 0.894 bits per heavy atom. The number of hydrogen-bond donors (Lipinski definition) is 1. The molecule has 0 bridgehead atoms. The Kier molecular flexibility index (Phi) is 43.1. The minimum absolute atomic E-state index is 0. The van der Waals surface area contributed by atoms with Gasteiger partial charge in [0.05, 0.1) is 6.10 Å². The van der Waals surface area contributed by atoms with Gasteiger partial charge in [0.15, 0.2) is 0 Å². The number of rotatable bonds is 14. The van der Waals surface area contributed by atoms with Crippen LogP contribution >= 0.6 is 0 Å². The third-order valence-corrected chi connectivity index (χ3v) is 8.87. The van der Waals surface area contributed by atoms with Gasteiger partial charge in [0.1, 0.15) is 0 Å². The normalized spacial score (nSPS) is 14.4. The zero-order valence-electron chi connectivity index (χ0n) is 28.2. The molecule has 2 aromatic carbocycles. The van der Waals surface area contributed by atoms with Crippen LogP contribution in [0.3, 0.4) is 0 Å². The summed E-state index contributed by atoms with van der Waals surface area (Å²) in [4.78, 5) is 0. The summed E-state index contributed by atoms with van der Waals surface area (Å²) in [5.74, 6) is 4.07. The van der Waals surface area contributed by atoms with Gasteiger partial charge in [-0.25, -0.2) is 0 Å². The third kappa shape index (κ3) is 28.0. The second-order valence-corrected chi connectivity index (χ2v) is 11.6. The summed E-state index contributed by atoms with van der Waals surface area (Å²) >= 11 is -1.50. The Morgan fingerprint density at radius 1 is 0.596 bits per heavy atom. The number of halogens is 4. The van der Waals surface area contributed by atoms with E-state index in [9.17, 15) is 5.11 Å². The lowest BCUT2D eigenvalue weighted by Crippen LogP contribution is -2.27. The molecule has 272 valence electrons. The third-order valence-electron chi connectivity index (χ3n) is 8.87. The van der Waals surface area contributed by atoms with Gasteiger partial charge in [0.25, 0.3) is 0 Å². The fourth-order valence-corrected chi connectivity index (χ4v) is 4.78. The summed E-state index contributed by atoms with van der Waals surface area (Å²) in [6.45, 7) is 23.7. The topological polar surface area (TPSA) is 88.5 Å². The highest BCUT2D eigenvalue weighted by Gasteiger charge is 2.24. The van der Waals surface area contributed by atoms with E-state index in [2.05, 4.69) is 110 Å². The van der Waals surface area contributed by atoms with E-state index >= 15 is 0 Å². The molecule has 0 aliphatic rings. The van der Waals surface area contributed by atoms with Crippen LogP contribution in [0.4, 0.5) is 18.3 Å². The van der Waals surface area contributed by atoms with E-state index in [1.165, 1.54) is 24.0 Å². The molecule has 0 aliphatic carbocycles. The lowest BCUT2D eigenvalue weighted by molar-refractivity contribution is 0.0699. The van der Waals surface area contributed by atoms with E-state index in [1.807, 2.05) is 24.3 Å². The fraction of sp³-hybridized carbons (Fsp3) is 0.556. The molecule has 0 aromatic heterocycles. The largest absolute Gasteiger partial charge is 0.393 e. The van der Waals surface area contributed by atoms with E-state index < -0.39 is 23.1 Å². The van der Waals surface area contributed by atoms with Crippen LogP contribution in [0.25, 0.3) is 0 Å². The van der Waals surface area contributed by atoms with Crippen molar-refractivity contribution >= 4 is 23.1 Å². The maximum absolute atomic E-state index is 10.3. The van der Waals surface area contributed by atoms with Crippen molar-refractivity contribution in [1.82, 2.24) is 0 Å². The van der Waals surface area contributed by atoms with Crippen molar-refractivity contribution in [2.24, 2.45) is 41.4 Å². The monoisotopic (exact) mass is 710 g/mol. The molecule has 0 saturated heterocycles. The molecule has 5 nitrogen and oxygen atoms in total. The van der Waals surface area contributed by atoms with Gasteiger partial charge in [0, 0.05) is 18.3 Å². The highest BCUT2D eigenvalue weighted by Crippen LogP contribution is 2.30. The van der Waals surface area contributed by atoms with Gasteiger partial charge in [0.2, 0.25) is 0 Å². The molecule has 0 spiro atoms. The quantitative estimate of drug-likeness (QED) is 0.156. The van der Waals surface area contributed by atoms with Crippen LogP contribution in [0.15, 0.2) is 86.0 Å². The Labute approximate surface area is 288 Å². The molecule has 2 rings (SSSR count). The SMILES string of the molecule is C.C=C[C@H](C)[C@H](C)[C@H](C)[C@@H](C)CCc1ccccc1.C=C[C@H](C)[C@H](C)[C@H](C)[C@@H](O)CCc1ccccc1.FF.FF.O=S=O.O=S=O. The van der Waals surface area contributed by atoms with Crippen LogP contribution in [0, 0.1) is 41.4 Å². The first-order valence-corrected chi connectivity index (χ1v) is 16.4. The number of benzene rings is 2. The predicted octanol–water partition coefficient (Wildman–Crippen LogP) is 10.4. The van der Waals surface area contributed by atoms with Crippen LogP contribution in [-0.2, 0) is 36.0 Å². The number of hydrogen-bond acceptors (Lipinski definition) is 5. The summed E-state index contributed by atoms with van der Waals surface area (Å²) in [6, 6.07) is 21.2. The second-order valence-electron chi connectivity index (χ2n) is 11.4. The Morgan fingerprint density at radius 3 is 1.21 bits per heavy atom. The van der Waals surface area contributed by atoms with Crippen molar-refractivity contribution in [2.45, 2.75) is 87.7 Å². The number of aryl methyl sites for hydroxylation is 2. The molecule has 0 radical (unpaired) electrons. The molecule has 8 atom stereocenters. The van der Waals surface area contributed by atoms with Crippen LogP contribution in [0.5, 0.6) is 0 Å². The molecular weight excluding hydrogens is 653 g/mol. The highest BCUT2D eigenvalue weighted by molar-refractivity contribution is 7.51. The molecule has 0 saturated carbocycles. The minimum Gasteiger partial charge on any atom is -0.393 e. The summed E-state index contributed by atoms with van der Waals surface area (Å²) in [7, 11) is 0. The highest BCUT2D eigenvalue weighted by atomic mass is 32.1. The number of aliphatic hydroxyl groups excluding tert-OH is 1. The van der Waals surface area contributed by atoms with Crippen molar-refractivity contribution in [3.05, 3.63) is 97.1 Å². The fourth-order valence-electron chi connectivity index (χ4n) is 4.78. The van der Waals surface area contributed by atoms with Crippen molar-refractivity contribution in [1.29, 1.82) is 0 Å². The first-order chi connectivity index (χ1) is 21.9. The van der Waals surface area contributed by atoms with Gasteiger partial charge < -0.3 is 5.11 Å². The van der Waals surface area contributed by atoms with E-state index in [4.69, 9.17) is 35.1 Å². The van der Waals surface area contributed by atoms with Crippen molar-refractivity contribution in [2.75, 3.05) is 0 Å². The van der Waals surface area contributed by atoms with Crippen LogP contribution in [0.2, 0.25) is 0 Å². The standard InChI is InChI=1S/C18H28.C17H26O.CH4.2F2.2O2S/c1-6-14(2)16(4)17(5)15(3)12-13-18-10-8-7-9-11-18;1-5-13(2)14(3)15(4)17(18)12-11-16-9-7-6-8-10-16;;2*1-2;2*1-3-2/h6-11,14-17H,1,12-13H2,2-5H3;5-10,13-15,17-18H,1,11-12H2,2-4H3;1H4;;;;/t14-,15-,16-,17+;13-,14-,15-,17-;;;;;/m00...../s1. The summed E-state index contributed by atoms with van der Waals surface area (Å²) in [5.41, 5.74) is 2.76. The van der Waals surface area contributed by atoms with Crippen molar-refractivity contribution in [3.8, 4) is 0 Å². The maximum Gasteiger partial charge on any atom is 0.335 e. The number of allylic oxidation sites excluding steroid dienone is 2. The van der Waals surface area contributed by atoms with Crippen LogP contribution in [-0.4, -0.2) is 28.0 Å². The summed E-state index contributed by atoms with van der Waals surface area (Å²) in [5, 5.41) is 10.3. The molecule has 1 N–H and O–H groups in total. The van der Waals surface area contributed by atoms with E-state index in [1.54, 1.807) is 0 Å². The Balaban J connectivity index is -0.000000193. The lowest BCUT2D eigenvalue weighted by Gasteiger charge is -2.29. The molecule has 0 fully saturated rings.